The molecule has 70 valence electrons. The van der Waals surface area contributed by atoms with Gasteiger partial charge in [-0.2, -0.15) is 5.26 Å². The number of anilines is 1. The van der Waals surface area contributed by atoms with E-state index < -0.39 is 0 Å². The van der Waals surface area contributed by atoms with Crippen LogP contribution in [0.5, 0.6) is 0 Å². The molecule has 1 heterocycles. The van der Waals surface area contributed by atoms with Crippen molar-refractivity contribution in [3.05, 3.63) is 11.6 Å². The van der Waals surface area contributed by atoms with Crippen LogP contribution >= 0.6 is 11.3 Å². The maximum atomic E-state index is 8.50. The fraction of sp³-hybridized carbons (Fsp3) is 0.556. The molecule has 0 fully saturated rings. The molecular formula is C9H13N3S. The van der Waals surface area contributed by atoms with Crippen LogP contribution in [0, 0.1) is 11.3 Å². The summed E-state index contributed by atoms with van der Waals surface area (Å²) in [5.74, 6) is 0. The van der Waals surface area contributed by atoms with Crippen molar-refractivity contribution in [1.82, 2.24) is 4.98 Å². The summed E-state index contributed by atoms with van der Waals surface area (Å²) in [4.78, 5) is 6.37. The number of nitriles is 1. The Morgan fingerprint density at radius 1 is 1.69 bits per heavy atom. The predicted octanol–water partition coefficient (Wildman–Crippen LogP) is 2.27. The van der Waals surface area contributed by atoms with E-state index in [4.69, 9.17) is 5.26 Å². The van der Waals surface area contributed by atoms with E-state index >= 15 is 0 Å². The van der Waals surface area contributed by atoms with Gasteiger partial charge in [-0.05, 0) is 13.8 Å². The van der Waals surface area contributed by atoms with E-state index in [2.05, 4.69) is 29.8 Å². The Labute approximate surface area is 82.6 Å². The Morgan fingerprint density at radius 3 is 2.92 bits per heavy atom. The van der Waals surface area contributed by atoms with Crippen molar-refractivity contribution in [2.24, 2.45) is 0 Å². The maximum Gasteiger partial charge on any atom is 0.185 e. The van der Waals surface area contributed by atoms with Gasteiger partial charge in [0.2, 0.25) is 0 Å². The van der Waals surface area contributed by atoms with Crippen LogP contribution in [-0.2, 0) is 0 Å². The fourth-order valence-corrected chi connectivity index (χ4v) is 1.91. The van der Waals surface area contributed by atoms with Crippen LogP contribution in [0.15, 0.2) is 11.6 Å². The quantitative estimate of drug-likeness (QED) is 0.740. The first-order chi connectivity index (χ1) is 6.25. The van der Waals surface area contributed by atoms with Gasteiger partial charge in [-0.3, -0.25) is 0 Å². The van der Waals surface area contributed by atoms with E-state index in [-0.39, 0.29) is 0 Å². The minimum atomic E-state index is 0.402. The molecule has 0 aliphatic heterocycles. The van der Waals surface area contributed by atoms with Crippen molar-refractivity contribution in [2.45, 2.75) is 26.3 Å². The number of rotatable bonds is 4. The molecule has 0 saturated carbocycles. The van der Waals surface area contributed by atoms with Gasteiger partial charge >= 0.3 is 0 Å². The molecule has 0 unspecified atom stereocenters. The molecule has 1 aromatic rings. The van der Waals surface area contributed by atoms with E-state index in [9.17, 15) is 0 Å². The molecule has 0 amide bonds. The lowest BCUT2D eigenvalue weighted by Crippen LogP contribution is -2.31. The zero-order valence-corrected chi connectivity index (χ0v) is 8.71. The van der Waals surface area contributed by atoms with Gasteiger partial charge in [-0.25, -0.2) is 4.98 Å². The largest absolute Gasteiger partial charge is 0.345 e. The Kier molecular flexibility index (Phi) is 3.71. The molecule has 1 aromatic heterocycles. The van der Waals surface area contributed by atoms with Crippen LogP contribution in [0.4, 0.5) is 5.13 Å². The fourth-order valence-electron chi connectivity index (χ4n) is 1.10. The zero-order valence-electron chi connectivity index (χ0n) is 7.90. The minimum absolute atomic E-state index is 0.402. The van der Waals surface area contributed by atoms with Crippen molar-refractivity contribution in [2.75, 3.05) is 11.4 Å². The first-order valence-corrected chi connectivity index (χ1v) is 5.16. The van der Waals surface area contributed by atoms with E-state index in [1.54, 1.807) is 17.5 Å². The van der Waals surface area contributed by atoms with Gasteiger partial charge < -0.3 is 4.90 Å². The average molecular weight is 195 g/mol. The smallest absolute Gasteiger partial charge is 0.185 e. The second-order valence-electron chi connectivity index (χ2n) is 3.01. The first kappa shape index (κ1) is 10.0. The van der Waals surface area contributed by atoms with Crippen molar-refractivity contribution in [3.63, 3.8) is 0 Å². The number of nitrogens with zero attached hydrogens (tertiary/aromatic N) is 3. The second-order valence-corrected chi connectivity index (χ2v) is 3.88. The molecular weight excluding hydrogens is 182 g/mol. The summed E-state index contributed by atoms with van der Waals surface area (Å²) in [5, 5.41) is 11.5. The van der Waals surface area contributed by atoms with E-state index in [0.29, 0.717) is 12.5 Å². The van der Waals surface area contributed by atoms with Crippen LogP contribution < -0.4 is 4.90 Å². The van der Waals surface area contributed by atoms with Crippen LogP contribution in [0.1, 0.15) is 20.3 Å². The van der Waals surface area contributed by atoms with Crippen LogP contribution in [0.25, 0.3) is 0 Å². The summed E-state index contributed by atoms with van der Waals surface area (Å²) in [6.07, 6.45) is 2.35. The van der Waals surface area contributed by atoms with Gasteiger partial charge in [0.1, 0.15) is 0 Å². The lowest BCUT2D eigenvalue weighted by Gasteiger charge is -2.24. The van der Waals surface area contributed by atoms with Crippen LogP contribution in [0.3, 0.4) is 0 Å². The summed E-state index contributed by atoms with van der Waals surface area (Å²) in [7, 11) is 0. The number of hydrogen-bond donors (Lipinski definition) is 0. The number of thiazole rings is 1. The van der Waals surface area contributed by atoms with E-state index in [1.807, 2.05) is 5.38 Å². The molecule has 13 heavy (non-hydrogen) atoms. The highest BCUT2D eigenvalue weighted by atomic mass is 32.1. The zero-order chi connectivity index (χ0) is 9.68. The monoisotopic (exact) mass is 195 g/mol. The summed E-state index contributed by atoms with van der Waals surface area (Å²) in [6.45, 7) is 4.99. The van der Waals surface area contributed by atoms with Gasteiger partial charge in [0.25, 0.3) is 0 Å². The minimum Gasteiger partial charge on any atom is -0.345 e. The van der Waals surface area contributed by atoms with Crippen molar-refractivity contribution < 1.29 is 0 Å². The molecule has 0 aliphatic rings. The lowest BCUT2D eigenvalue weighted by atomic mass is 10.3. The van der Waals surface area contributed by atoms with E-state index in [0.717, 1.165) is 11.7 Å². The highest BCUT2D eigenvalue weighted by Gasteiger charge is 2.11. The van der Waals surface area contributed by atoms with Gasteiger partial charge in [0.15, 0.2) is 5.13 Å². The summed E-state index contributed by atoms with van der Waals surface area (Å²) < 4.78 is 0. The average Bonchev–Trinajstić information content (AvgIpc) is 2.57. The second kappa shape index (κ2) is 4.83. The maximum absolute atomic E-state index is 8.50. The van der Waals surface area contributed by atoms with Crippen molar-refractivity contribution in [3.8, 4) is 6.07 Å². The SMILES string of the molecule is CC(C)N(CCC#N)c1nccs1. The predicted molar refractivity (Wildman–Crippen MR) is 54.8 cm³/mol. The molecule has 0 N–H and O–H groups in total. The molecule has 0 saturated heterocycles. The molecule has 0 aliphatic carbocycles. The third-order valence-electron chi connectivity index (χ3n) is 1.75. The third kappa shape index (κ3) is 2.71. The molecule has 0 aromatic carbocycles. The Hall–Kier alpha value is -1.08. The van der Waals surface area contributed by atoms with Crippen molar-refractivity contribution in [1.29, 1.82) is 5.26 Å². The van der Waals surface area contributed by atoms with Gasteiger partial charge in [0, 0.05) is 24.2 Å². The molecule has 0 atom stereocenters. The lowest BCUT2D eigenvalue weighted by molar-refractivity contribution is 0.684. The standard InChI is InChI=1S/C9H13N3S/c1-8(2)12(6-3-4-10)9-11-5-7-13-9/h5,7-8H,3,6H2,1-2H3. The Morgan fingerprint density at radius 2 is 2.46 bits per heavy atom. The highest BCUT2D eigenvalue weighted by molar-refractivity contribution is 7.13. The molecule has 0 bridgehead atoms. The van der Waals surface area contributed by atoms with E-state index in [1.165, 1.54) is 0 Å². The van der Waals surface area contributed by atoms with Gasteiger partial charge in [-0.1, -0.05) is 0 Å². The van der Waals surface area contributed by atoms with Crippen molar-refractivity contribution >= 4 is 16.5 Å². The number of aromatic nitrogens is 1. The summed E-state index contributed by atoms with van der Waals surface area (Å²) >= 11 is 1.62. The van der Waals surface area contributed by atoms with Gasteiger partial charge in [0.05, 0.1) is 12.5 Å². The summed E-state index contributed by atoms with van der Waals surface area (Å²) in [6, 6.07) is 2.55. The highest BCUT2D eigenvalue weighted by Crippen LogP contribution is 2.19. The summed E-state index contributed by atoms with van der Waals surface area (Å²) in [5.41, 5.74) is 0. The normalized spacial score (nSPS) is 10.0. The molecule has 0 radical (unpaired) electrons. The number of hydrogen-bond acceptors (Lipinski definition) is 4. The first-order valence-electron chi connectivity index (χ1n) is 4.28. The molecule has 1 rings (SSSR count). The topological polar surface area (TPSA) is 39.9 Å². The van der Waals surface area contributed by atoms with Gasteiger partial charge in [-0.15, -0.1) is 11.3 Å². The van der Waals surface area contributed by atoms with Crippen LogP contribution in [-0.4, -0.2) is 17.6 Å². The Balaban J connectivity index is 2.64. The molecule has 3 nitrogen and oxygen atoms in total. The molecule has 0 spiro atoms. The van der Waals surface area contributed by atoms with Crippen LogP contribution in [0.2, 0.25) is 0 Å². The molecule has 4 heteroatoms. The Bertz CT molecular complexity index is 274. The third-order valence-corrected chi connectivity index (χ3v) is 2.56.